The van der Waals surface area contributed by atoms with Crippen LogP contribution in [0, 0.1) is 0 Å². The first-order chi connectivity index (χ1) is 5.27. The third kappa shape index (κ3) is 1.20. The van der Waals surface area contributed by atoms with Gasteiger partial charge in [-0.2, -0.15) is 0 Å². The van der Waals surface area contributed by atoms with Crippen molar-refractivity contribution in [3.05, 3.63) is 22.5 Å². The molecule has 2 unspecified atom stereocenters. The number of hydrogen-bond donors (Lipinski definition) is 1. The molecule has 1 amide bonds. The van der Waals surface area contributed by atoms with Gasteiger partial charge in [0.05, 0.1) is 4.91 Å². The Balaban J connectivity index is 2.15. The Kier molecular flexibility index (Phi) is 1.73. The summed E-state index contributed by atoms with van der Waals surface area (Å²) in [4.78, 5) is 11.5. The first-order valence-corrected chi connectivity index (χ1v) is 5.10. The molecule has 0 aromatic carbocycles. The van der Waals surface area contributed by atoms with Crippen molar-refractivity contribution in [2.75, 3.05) is 0 Å². The highest BCUT2D eigenvalue weighted by Crippen LogP contribution is 2.43. The van der Waals surface area contributed by atoms with E-state index in [1.165, 1.54) is 0 Å². The molecule has 0 aliphatic carbocycles. The summed E-state index contributed by atoms with van der Waals surface area (Å²) < 4.78 is 0. The minimum absolute atomic E-state index is 0.293. The van der Waals surface area contributed by atoms with Crippen molar-refractivity contribution in [2.24, 2.45) is 5.73 Å². The molecule has 0 saturated heterocycles. The molecule has 2 aliphatic rings. The minimum Gasteiger partial charge on any atom is -0.365 e. The molecule has 4 heteroatoms. The summed E-state index contributed by atoms with van der Waals surface area (Å²) in [6.45, 7) is 0. The fraction of sp³-hybridized carbons (Fsp3) is 0.286. The van der Waals surface area contributed by atoms with Gasteiger partial charge in [0.25, 0.3) is 5.91 Å². The number of amides is 1. The summed E-state index contributed by atoms with van der Waals surface area (Å²) in [6, 6.07) is 0. The van der Waals surface area contributed by atoms with Crippen LogP contribution in [0.3, 0.4) is 0 Å². The molecule has 2 atom stereocenters. The van der Waals surface area contributed by atoms with Crippen LogP contribution in [0.2, 0.25) is 0 Å². The standard InChI is InChI=1S/C7H7NOS2/c8-7(9)6-3-5-4(11-6)1-2-10-5/h1-5H,(H2,8,9). The molecule has 2 heterocycles. The Bertz CT molecular complexity index is 259. The van der Waals surface area contributed by atoms with Crippen LogP contribution in [0.5, 0.6) is 0 Å². The Labute approximate surface area is 73.3 Å². The summed E-state index contributed by atoms with van der Waals surface area (Å²) in [6.07, 6.45) is 4.08. The molecule has 0 fully saturated rings. The van der Waals surface area contributed by atoms with Crippen molar-refractivity contribution < 1.29 is 4.79 Å². The van der Waals surface area contributed by atoms with Gasteiger partial charge in [0.2, 0.25) is 0 Å². The van der Waals surface area contributed by atoms with E-state index in [-0.39, 0.29) is 5.91 Å². The predicted molar refractivity (Wildman–Crippen MR) is 49.2 cm³/mol. The fourth-order valence-electron chi connectivity index (χ4n) is 1.12. The van der Waals surface area contributed by atoms with Crippen molar-refractivity contribution in [2.45, 2.75) is 10.5 Å². The Morgan fingerprint density at radius 1 is 1.55 bits per heavy atom. The molecule has 0 bridgehead atoms. The van der Waals surface area contributed by atoms with Crippen molar-refractivity contribution in [1.29, 1.82) is 0 Å². The van der Waals surface area contributed by atoms with Gasteiger partial charge in [0.15, 0.2) is 0 Å². The number of fused-ring (bicyclic) bond motifs is 1. The normalized spacial score (nSPS) is 33.6. The molecule has 11 heavy (non-hydrogen) atoms. The Morgan fingerprint density at radius 3 is 3.00 bits per heavy atom. The molecule has 58 valence electrons. The van der Waals surface area contributed by atoms with E-state index in [1.807, 2.05) is 6.08 Å². The average molecular weight is 185 g/mol. The molecule has 2 nitrogen and oxygen atoms in total. The number of thioether (sulfide) groups is 2. The lowest BCUT2D eigenvalue weighted by molar-refractivity contribution is -0.113. The third-order valence-corrected chi connectivity index (χ3v) is 4.19. The smallest absolute Gasteiger partial charge is 0.254 e. The topological polar surface area (TPSA) is 43.1 Å². The number of nitrogens with two attached hydrogens (primary N) is 1. The van der Waals surface area contributed by atoms with Crippen LogP contribution >= 0.6 is 23.5 Å². The summed E-state index contributed by atoms with van der Waals surface area (Å²) in [5.41, 5.74) is 5.14. The maximum Gasteiger partial charge on any atom is 0.254 e. The van der Waals surface area contributed by atoms with E-state index in [0.29, 0.717) is 10.5 Å². The lowest BCUT2D eigenvalue weighted by Crippen LogP contribution is -2.10. The van der Waals surface area contributed by atoms with Gasteiger partial charge in [-0.05, 0) is 5.41 Å². The first kappa shape index (κ1) is 7.31. The number of primary amides is 1. The van der Waals surface area contributed by atoms with Gasteiger partial charge in [0.1, 0.15) is 0 Å². The van der Waals surface area contributed by atoms with E-state index in [4.69, 9.17) is 5.73 Å². The zero-order valence-corrected chi connectivity index (χ0v) is 7.32. The van der Waals surface area contributed by atoms with Crippen molar-refractivity contribution in [3.8, 4) is 0 Å². The van der Waals surface area contributed by atoms with Crippen LogP contribution in [0.25, 0.3) is 0 Å². The van der Waals surface area contributed by atoms with Crippen LogP contribution in [0.15, 0.2) is 22.5 Å². The van der Waals surface area contributed by atoms with Crippen LogP contribution in [0.4, 0.5) is 0 Å². The average Bonchev–Trinajstić information content (AvgIpc) is 2.40. The number of hydrogen-bond acceptors (Lipinski definition) is 3. The highest BCUT2D eigenvalue weighted by atomic mass is 32.2. The van der Waals surface area contributed by atoms with Gasteiger partial charge in [-0.3, -0.25) is 4.79 Å². The summed E-state index contributed by atoms with van der Waals surface area (Å²) >= 11 is 3.32. The second-order valence-electron chi connectivity index (χ2n) is 2.41. The quantitative estimate of drug-likeness (QED) is 0.665. The maximum absolute atomic E-state index is 10.7. The molecule has 2 rings (SSSR count). The van der Waals surface area contributed by atoms with Crippen LogP contribution in [0.1, 0.15) is 0 Å². The van der Waals surface area contributed by atoms with Crippen LogP contribution < -0.4 is 5.73 Å². The van der Waals surface area contributed by atoms with Crippen molar-refractivity contribution >= 4 is 29.4 Å². The zero-order valence-electron chi connectivity index (χ0n) is 5.69. The molecule has 0 radical (unpaired) electrons. The van der Waals surface area contributed by atoms with E-state index >= 15 is 0 Å². The fourth-order valence-corrected chi connectivity index (χ4v) is 3.57. The van der Waals surface area contributed by atoms with Gasteiger partial charge >= 0.3 is 0 Å². The van der Waals surface area contributed by atoms with Crippen LogP contribution in [-0.4, -0.2) is 16.4 Å². The monoisotopic (exact) mass is 185 g/mol. The Morgan fingerprint density at radius 2 is 2.36 bits per heavy atom. The summed E-state index contributed by atoms with van der Waals surface area (Å²) in [5, 5.41) is 2.97. The van der Waals surface area contributed by atoms with Gasteiger partial charge < -0.3 is 5.73 Å². The van der Waals surface area contributed by atoms with Gasteiger partial charge in [0, 0.05) is 10.5 Å². The molecular weight excluding hydrogens is 178 g/mol. The minimum atomic E-state index is -0.293. The van der Waals surface area contributed by atoms with Crippen molar-refractivity contribution in [3.63, 3.8) is 0 Å². The first-order valence-electron chi connectivity index (χ1n) is 3.28. The molecule has 0 saturated carbocycles. The van der Waals surface area contributed by atoms with E-state index in [1.54, 1.807) is 23.5 Å². The summed E-state index contributed by atoms with van der Waals surface area (Å²) in [5.74, 6) is -0.293. The van der Waals surface area contributed by atoms with Crippen LogP contribution in [-0.2, 0) is 4.79 Å². The molecule has 0 aromatic rings. The number of carbonyl (C=O) groups excluding carboxylic acids is 1. The highest BCUT2D eigenvalue weighted by molar-refractivity contribution is 8.09. The second kappa shape index (κ2) is 2.60. The van der Waals surface area contributed by atoms with Crippen molar-refractivity contribution in [1.82, 2.24) is 0 Å². The van der Waals surface area contributed by atoms with E-state index in [0.717, 1.165) is 4.91 Å². The molecule has 2 aliphatic heterocycles. The Hall–Kier alpha value is -0.350. The summed E-state index contributed by atoms with van der Waals surface area (Å²) in [7, 11) is 0. The van der Waals surface area contributed by atoms with Gasteiger partial charge in [-0.1, -0.05) is 12.2 Å². The highest BCUT2D eigenvalue weighted by Gasteiger charge is 2.31. The SMILES string of the molecule is NC(=O)C1=CC2SC=CC2S1. The van der Waals surface area contributed by atoms with E-state index in [9.17, 15) is 4.79 Å². The molecule has 0 aromatic heterocycles. The maximum atomic E-state index is 10.7. The largest absolute Gasteiger partial charge is 0.365 e. The predicted octanol–water partition coefficient (Wildman–Crippen LogP) is 1.10. The second-order valence-corrected chi connectivity index (χ2v) is 4.72. The van der Waals surface area contributed by atoms with E-state index in [2.05, 4.69) is 11.5 Å². The number of carbonyl (C=O) groups is 1. The third-order valence-electron chi connectivity index (χ3n) is 1.65. The lowest BCUT2D eigenvalue weighted by Gasteiger charge is -2.02. The lowest BCUT2D eigenvalue weighted by atomic mass is 10.3. The van der Waals surface area contributed by atoms with Gasteiger partial charge in [-0.25, -0.2) is 0 Å². The molecule has 0 spiro atoms. The number of rotatable bonds is 1. The zero-order chi connectivity index (χ0) is 7.84. The molecule has 2 N–H and O–H groups in total. The van der Waals surface area contributed by atoms with Gasteiger partial charge in [-0.15, -0.1) is 23.5 Å². The molecular formula is C7H7NOS2. The van der Waals surface area contributed by atoms with E-state index < -0.39 is 0 Å².